The number of anilines is 1. The Morgan fingerprint density at radius 1 is 0.902 bits per heavy atom. The van der Waals surface area contributed by atoms with Gasteiger partial charge in [-0.2, -0.15) is 0 Å². The van der Waals surface area contributed by atoms with Crippen molar-refractivity contribution in [1.82, 2.24) is 10.2 Å². The van der Waals surface area contributed by atoms with Gasteiger partial charge in [0.25, 0.3) is 10.0 Å². The molecule has 0 aliphatic heterocycles. The van der Waals surface area contributed by atoms with E-state index >= 15 is 0 Å². The lowest BCUT2D eigenvalue weighted by Gasteiger charge is -2.33. The molecule has 0 radical (unpaired) electrons. The summed E-state index contributed by atoms with van der Waals surface area (Å²) in [5.74, 6) is -0.199. The maximum Gasteiger partial charge on any atom is 0.264 e. The van der Waals surface area contributed by atoms with E-state index in [1.807, 2.05) is 44.2 Å². The van der Waals surface area contributed by atoms with Gasteiger partial charge in [0.05, 0.1) is 24.8 Å². The average Bonchev–Trinajstić information content (AvgIpc) is 3.00. The molecule has 41 heavy (non-hydrogen) atoms. The Kier molecular flexibility index (Phi) is 11.2. The van der Waals surface area contributed by atoms with Crippen molar-refractivity contribution in [2.45, 2.75) is 50.6 Å². The number of hydrogen-bond donors (Lipinski definition) is 1. The molecule has 9 nitrogen and oxygen atoms in total. The van der Waals surface area contributed by atoms with Crippen molar-refractivity contribution in [3.8, 4) is 11.5 Å². The van der Waals surface area contributed by atoms with E-state index in [1.54, 1.807) is 37.3 Å². The summed E-state index contributed by atoms with van der Waals surface area (Å²) in [5.41, 5.74) is 1.13. The number of sulfonamides is 1. The number of amides is 2. The number of nitrogens with zero attached hydrogens (tertiary/aromatic N) is 2. The van der Waals surface area contributed by atoms with Crippen molar-refractivity contribution in [3.63, 3.8) is 0 Å². The van der Waals surface area contributed by atoms with Crippen LogP contribution in [0.5, 0.6) is 11.5 Å². The molecule has 3 rings (SSSR count). The maximum atomic E-state index is 14.0. The van der Waals surface area contributed by atoms with E-state index in [2.05, 4.69) is 5.32 Å². The lowest BCUT2D eigenvalue weighted by molar-refractivity contribution is -0.139. The van der Waals surface area contributed by atoms with Gasteiger partial charge in [-0.1, -0.05) is 55.5 Å². The van der Waals surface area contributed by atoms with Gasteiger partial charge in [-0.3, -0.25) is 13.9 Å². The van der Waals surface area contributed by atoms with E-state index in [0.717, 1.165) is 16.3 Å². The summed E-state index contributed by atoms with van der Waals surface area (Å²) in [5, 5.41) is 2.94. The van der Waals surface area contributed by atoms with Crippen molar-refractivity contribution in [2.24, 2.45) is 0 Å². The van der Waals surface area contributed by atoms with Gasteiger partial charge in [0.2, 0.25) is 11.8 Å². The summed E-state index contributed by atoms with van der Waals surface area (Å²) < 4.78 is 39.9. The quantitative estimate of drug-likeness (QED) is 0.305. The second-order valence-electron chi connectivity index (χ2n) is 9.68. The minimum atomic E-state index is -4.23. The van der Waals surface area contributed by atoms with Crippen molar-refractivity contribution in [2.75, 3.05) is 31.6 Å². The molecule has 10 heteroatoms. The number of methoxy groups -OCH3 is 2. The summed E-state index contributed by atoms with van der Waals surface area (Å²) in [7, 11) is -1.33. The van der Waals surface area contributed by atoms with Crippen LogP contribution < -0.4 is 19.1 Å². The van der Waals surface area contributed by atoms with E-state index in [1.165, 1.54) is 37.3 Å². The molecule has 0 saturated heterocycles. The smallest absolute Gasteiger partial charge is 0.264 e. The van der Waals surface area contributed by atoms with Gasteiger partial charge in [-0.25, -0.2) is 8.42 Å². The fourth-order valence-electron chi connectivity index (χ4n) is 4.26. The molecule has 1 N–H and O–H groups in total. The third-order valence-electron chi connectivity index (χ3n) is 6.92. The predicted molar refractivity (Wildman–Crippen MR) is 160 cm³/mol. The Morgan fingerprint density at radius 2 is 1.54 bits per heavy atom. The van der Waals surface area contributed by atoms with Gasteiger partial charge < -0.3 is 19.7 Å². The lowest BCUT2D eigenvalue weighted by Crippen LogP contribution is -2.53. The number of hydrogen-bond acceptors (Lipinski definition) is 6. The SMILES string of the molecule is CC[C@@H](C)NC(=O)[C@@H](C)N(CCc1ccccc1)C(=O)CN(c1cc(OC)ccc1OC)S(=O)(=O)c1ccccc1. The van der Waals surface area contributed by atoms with Gasteiger partial charge in [0, 0.05) is 18.7 Å². The average molecular weight is 582 g/mol. The summed E-state index contributed by atoms with van der Waals surface area (Å²) in [4.78, 5) is 28.6. The first-order valence-electron chi connectivity index (χ1n) is 13.6. The number of nitrogens with one attached hydrogen (secondary N) is 1. The van der Waals surface area contributed by atoms with E-state index in [0.29, 0.717) is 12.2 Å². The fraction of sp³-hybridized carbons (Fsp3) is 0.355. The van der Waals surface area contributed by atoms with Gasteiger partial charge in [-0.05, 0) is 56.5 Å². The second kappa shape index (κ2) is 14.5. The van der Waals surface area contributed by atoms with Crippen LogP contribution in [-0.2, 0) is 26.0 Å². The van der Waals surface area contributed by atoms with Gasteiger partial charge in [-0.15, -0.1) is 0 Å². The monoisotopic (exact) mass is 581 g/mol. The van der Waals surface area contributed by atoms with Gasteiger partial charge >= 0.3 is 0 Å². The van der Waals surface area contributed by atoms with Crippen LogP contribution in [0, 0.1) is 0 Å². The zero-order chi connectivity index (χ0) is 30.0. The third-order valence-corrected chi connectivity index (χ3v) is 8.69. The number of rotatable bonds is 14. The van der Waals surface area contributed by atoms with Crippen LogP contribution in [0.4, 0.5) is 5.69 Å². The molecule has 0 bridgehead atoms. The highest BCUT2D eigenvalue weighted by molar-refractivity contribution is 7.92. The van der Waals surface area contributed by atoms with Crippen LogP contribution >= 0.6 is 0 Å². The molecule has 0 unspecified atom stereocenters. The molecule has 0 aromatic heterocycles. The molecule has 0 spiro atoms. The fourth-order valence-corrected chi connectivity index (χ4v) is 5.70. The molecular formula is C31H39N3O6S. The molecule has 2 amide bonds. The molecule has 0 fully saturated rings. The molecule has 2 atom stereocenters. The Labute approximate surface area is 243 Å². The van der Waals surface area contributed by atoms with E-state index < -0.39 is 28.5 Å². The van der Waals surface area contributed by atoms with Crippen molar-refractivity contribution >= 4 is 27.5 Å². The highest BCUT2D eigenvalue weighted by Gasteiger charge is 2.34. The molecular weight excluding hydrogens is 542 g/mol. The van der Waals surface area contributed by atoms with Crippen LogP contribution in [0.25, 0.3) is 0 Å². The maximum absolute atomic E-state index is 14.0. The van der Waals surface area contributed by atoms with E-state index in [4.69, 9.17) is 9.47 Å². The normalized spacial score (nSPS) is 12.6. The van der Waals surface area contributed by atoms with Crippen molar-refractivity contribution < 1.29 is 27.5 Å². The Morgan fingerprint density at radius 3 is 2.12 bits per heavy atom. The standard InChI is InChI=1S/C31H39N3O6S/c1-6-23(2)32-31(36)24(3)33(20-19-25-13-9-7-10-14-25)30(35)22-34(41(37,38)27-15-11-8-12-16-27)28-21-26(39-4)17-18-29(28)40-5/h7-18,21,23-24H,6,19-20,22H2,1-5H3,(H,32,36)/t23-,24-/m1/s1. The zero-order valence-corrected chi connectivity index (χ0v) is 25.1. The summed E-state index contributed by atoms with van der Waals surface area (Å²) in [6, 6.07) is 21.3. The third kappa shape index (κ3) is 8.00. The minimum Gasteiger partial charge on any atom is -0.497 e. The molecule has 3 aromatic rings. The Balaban J connectivity index is 2.05. The summed E-state index contributed by atoms with van der Waals surface area (Å²) in [6.07, 6.45) is 1.22. The first-order valence-corrected chi connectivity index (χ1v) is 15.0. The number of benzene rings is 3. The predicted octanol–water partition coefficient (Wildman–Crippen LogP) is 4.27. The second-order valence-corrected chi connectivity index (χ2v) is 11.5. The number of carbonyl (C=O) groups is 2. The summed E-state index contributed by atoms with van der Waals surface area (Å²) in [6.45, 7) is 5.16. The highest BCUT2D eigenvalue weighted by Crippen LogP contribution is 2.35. The van der Waals surface area contributed by atoms with Crippen LogP contribution in [0.1, 0.15) is 32.8 Å². The van der Waals surface area contributed by atoms with Crippen LogP contribution in [0.2, 0.25) is 0 Å². The van der Waals surface area contributed by atoms with Crippen molar-refractivity contribution in [3.05, 3.63) is 84.4 Å². The molecule has 220 valence electrons. The topological polar surface area (TPSA) is 105 Å². The Hall–Kier alpha value is -4.05. The minimum absolute atomic E-state index is 0.0103. The Bertz CT molecular complexity index is 1400. The van der Waals surface area contributed by atoms with Gasteiger partial charge in [0.1, 0.15) is 24.1 Å². The number of carbonyl (C=O) groups excluding carboxylic acids is 2. The van der Waals surface area contributed by atoms with Gasteiger partial charge in [0.15, 0.2) is 0 Å². The van der Waals surface area contributed by atoms with E-state index in [9.17, 15) is 18.0 Å². The molecule has 0 aliphatic rings. The van der Waals surface area contributed by atoms with Crippen molar-refractivity contribution in [1.29, 1.82) is 0 Å². The molecule has 0 aliphatic carbocycles. The first-order chi connectivity index (χ1) is 19.6. The van der Waals surface area contributed by atoms with Crippen LogP contribution in [-0.4, -0.2) is 64.5 Å². The largest absolute Gasteiger partial charge is 0.497 e. The van der Waals surface area contributed by atoms with Crippen LogP contribution in [0.15, 0.2) is 83.8 Å². The molecule has 0 heterocycles. The highest BCUT2D eigenvalue weighted by atomic mass is 32.2. The van der Waals surface area contributed by atoms with E-state index in [-0.39, 0.29) is 34.8 Å². The number of ether oxygens (including phenoxy) is 2. The van der Waals surface area contributed by atoms with Crippen LogP contribution in [0.3, 0.4) is 0 Å². The molecule has 0 saturated carbocycles. The molecule has 3 aromatic carbocycles. The summed E-state index contributed by atoms with van der Waals surface area (Å²) >= 11 is 0. The first kappa shape index (κ1) is 31.5. The lowest BCUT2D eigenvalue weighted by atomic mass is 10.1. The zero-order valence-electron chi connectivity index (χ0n) is 24.2.